The molecule has 4 heterocycles. The van der Waals surface area contributed by atoms with Crippen LogP contribution in [0.2, 0.25) is 0 Å². The van der Waals surface area contributed by atoms with Crippen molar-refractivity contribution in [1.29, 1.82) is 0 Å². The Balaban J connectivity index is 1.53. The average Bonchev–Trinajstić information content (AvgIpc) is 3.42. The predicted molar refractivity (Wildman–Crippen MR) is 96.8 cm³/mol. The molecule has 2 aromatic carbocycles. The molecule has 4 aliphatic heterocycles. The second-order valence-corrected chi connectivity index (χ2v) is 7.21. The van der Waals surface area contributed by atoms with Crippen LogP contribution in [-0.2, 0) is 11.2 Å². The SMILES string of the molecule is CC=[N+]1CCc2cc3c(cc2[C@H]1[C@@H]1C(=O)Oc2c1ccc1c2OCO1)OCO3. The molecule has 0 amide bonds. The maximum Gasteiger partial charge on any atom is 0.326 e. The van der Waals surface area contributed by atoms with E-state index in [-0.39, 0.29) is 25.6 Å². The number of fused-ring (bicyclic) bond motifs is 5. The molecule has 0 unspecified atom stereocenters. The molecule has 7 heteroatoms. The molecular weight excluding hydrogens is 362 g/mol. The molecule has 28 heavy (non-hydrogen) atoms. The third-order valence-corrected chi connectivity index (χ3v) is 5.91. The largest absolute Gasteiger partial charge is 0.454 e. The van der Waals surface area contributed by atoms with Gasteiger partial charge in [-0.25, -0.2) is 4.58 Å². The minimum Gasteiger partial charge on any atom is -0.454 e. The molecule has 0 aliphatic carbocycles. The summed E-state index contributed by atoms with van der Waals surface area (Å²) in [5, 5.41) is 0. The van der Waals surface area contributed by atoms with Crippen molar-refractivity contribution in [3.8, 4) is 28.7 Å². The minimum absolute atomic E-state index is 0.138. The highest BCUT2D eigenvalue weighted by molar-refractivity contribution is 5.89. The summed E-state index contributed by atoms with van der Waals surface area (Å²) in [5.41, 5.74) is 3.08. The Morgan fingerprint density at radius 2 is 1.75 bits per heavy atom. The Morgan fingerprint density at radius 1 is 0.964 bits per heavy atom. The van der Waals surface area contributed by atoms with Gasteiger partial charge in [-0.05, 0) is 23.8 Å². The van der Waals surface area contributed by atoms with Crippen LogP contribution in [0.3, 0.4) is 0 Å². The summed E-state index contributed by atoms with van der Waals surface area (Å²) < 4.78 is 30.0. The van der Waals surface area contributed by atoms with Crippen LogP contribution in [0.1, 0.15) is 35.6 Å². The molecule has 0 aromatic heterocycles. The Labute approximate surface area is 161 Å². The second kappa shape index (κ2) is 5.64. The maximum absolute atomic E-state index is 13.0. The Bertz CT molecular complexity index is 1060. The number of hydrogen-bond donors (Lipinski definition) is 0. The number of ether oxygens (including phenoxy) is 5. The van der Waals surface area contributed by atoms with Crippen LogP contribution in [0, 0.1) is 0 Å². The van der Waals surface area contributed by atoms with Crippen molar-refractivity contribution in [2.45, 2.75) is 25.3 Å². The van der Waals surface area contributed by atoms with Gasteiger partial charge in [0.2, 0.25) is 19.3 Å². The van der Waals surface area contributed by atoms with Gasteiger partial charge in [-0.3, -0.25) is 4.79 Å². The summed E-state index contributed by atoms with van der Waals surface area (Å²) in [6.45, 7) is 3.17. The molecule has 7 nitrogen and oxygen atoms in total. The summed E-state index contributed by atoms with van der Waals surface area (Å²) in [4.78, 5) is 13.0. The van der Waals surface area contributed by atoms with Gasteiger partial charge in [-0.1, -0.05) is 6.07 Å². The normalized spacial score (nSPS) is 24.9. The van der Waals surface area contributed by atoms with E-state index in [1.165, 1.54) is 5.56 Å². The molecule has 2 aromatic rings. The summed E-state index contributed by atoms with van der Waals surface area (Å²) in [5.74, 6) is 2.36. The van der Waals surface area contributed by atoms with Crippen LogP contribution in [0.25, 0.3) is 0 Å². The van der Waals surface area contributed by atoms with Crippen LogP contribution >= 0.6 is 0 Å². The van der Waals surface area contributed by atoms with Crippen molar-refractivity contribution in [3.05, 3.63) is 41.0 Å². The first-order chi connectivity index (χ1) is 13.7. The maximum atomic E-state index is 13.0. The summed E-state index contributed by atoms with van der Waals surface area (Å²) in [6, 6.07) is 7.62. The summed E-state index contributed by atoms with van der Waals surface area (Å²) >= 11 is 0. The number of esters is 1. The van der Waals surface area contributed by atoms with Crippen LogP contribution < -0.4 is 23.7 Å². The van der Waals surface area contributed by atoms with E-state index in [0.717, 1.165) is 35.6 Å². The lowest BCUT2D eigenvalue weighted by Gasteiger charge is -2.27. The molecule has 0 spiro atoms. The van der Waals surface area contributed by atoms with E-state index < -0.39 is 5.92 Å². The Hall–Kier alpha value is -3.22. The highest BCUT2D eigenvalue weighted by Crippen LogP contribution is 2.54. The lowest BCUT2D eigenvalue weighted by molar-refractivity contribution is -0.574. The van der Waals surface area contributed by atoms with Gasteiger partial charge in [0.1, 0.15) is 12.8 Å². The number of hydrogen-bond acceptors (Lipinski definition) is 6. The standard InChI is InChI=1S/C21H18NO6/c1-2-22-6-5-11-7-15-16(26-9-25-15)8-13(11)18(22)17-12-3-4-14-20(27-10-24-14)19(12)28-21(17)23/h2-4,7-8,17-18H,5-6,9-10H2,1H3/q+1/t17-,18+/m1/s1. The molecule has 6 rings (SSSR count). The van der Waals surface area contributed by atoms with E-state index in [4.69, 9.17) is 23.7 Å². The van der Waals surface area contributed by atoms with Gasteiger partial charge in [-0.15, -0.1) is 0 Å². The van der Waals surface area contributed by atoms with Crippen molar-refractivity contribution in [1.82, 2.24) is 0 Å². The molecule has 0 radical (unpaired) electrons. The average molecular weight is 380 g/mol. The van der Waals surface area contributed by atoms with E-state index in [9.17, 15) is 4.79 Å². The molecule has 0 fully saturated rings. The first kappa shape index (κ1) is 15.8. The van der Waals surface area contributed by atoms with E-state index in [0.29, 0.717) is 17.2 Å². The zero-order valence-corrected chi connectivity index (χ0v) is 15.3. The molecule has 0 N–H and O–H groups in total. The zero-order chi connectivity index (χ0) is 18.8. The topological polar surface area (TPSA) is 66.2 Å². The molecular formula is C21H18NO6+. The van der Waals surface area contributed by atoms with Gasteiger partial charge in [0.15, 0.2) is 35.0 Å². The summed E-state index contributed by atoms with van der Waals surface area (Å²) in [7, 11) is 0. The quantitative estimate of drug-likeness (QED) is 0.430. The van der Waals surface area contributed by atoms with Crippen molar-refractivity contribution >= 4 is 12.2 Å². The fourth-order valence-corrected chi connectivity index (χ4v) is 4.62. The number of benzene rings is 2. The van der Waals surface area contributed by atoms with Crippen LogP contribution in [0.4, 0.5) is 0 Å². The number of nitrogens with zero attached hydrogens (tertiary/aromatic N) is 1. The van der Waals surface area contributed by atoms with Gasteiger partial charge < -0.3 is 23.7 Å². The second-order valence-electron chi connectivity index (χ2n) is 7.21. The van der Waals surface area contributed by atoms with Gasteiger partial charge >= 0.3 is 5.97 Å². The number of carbonyl (C=O) groups is 1. The van der Waals surface area contributed by atoms with Crippen molar-refractivity contribution in [2.24, 2.45) is 0 Å². The molecule has 0 bridgehead atoms. The Kier molecular flexibility index (Phi) is 3.18. The first-order valence-electron chi connectivity index (χ1n) is 9.36. The fraction of sp³-hybridized carbons (Fsp3) is 0.333. The number of carbonyl (C=O) groups excluding carboxylic acids is 1. The molecule has 2 atom stereocenters. The third kappa shape index (κ3) is 2.04. The van der Waals surface area contributed by atoms with E-state index in [1.54, 1.807) is 0 Å². The smallest absolute Gasteiger partial charge is 0.326 e. The highest BCUT2D eigenvalue weighted by atomic mass is 16.7. The first-order valence-corrected chi connectivity index (χ1v) is 9.36. The van der Waals surface area contributed by atoms with Crippen molar-refractivity contribution in [2.75, 3.05) is 20.1 Å². The third-order valence-electron chi connectivity index (χ3n) is 5.91. The van der Waals surface area contributed by atoms with Gasteiger partial charge in [-0.2, -0.15) is 0 Å². The van der Waals surface area contributed by atoms with Crippen LogP contribution in [-0.4, -0.2) is 36.9 Å². The fourth-order valence-electron chi connectivity index (χ4n) is 4.62. The van der Waals surface area contributed by atoms with Gasteiger partial charge in [0, 0.05) is 24.5 Å². The minimum atomic E-state index is -0.458. The van der Waals surface area contributed by atoms with Gasteiger partial charge in [0.25, 0.3) is 0 Å². The van der Waals surface area contributed by atoms with E-state index >= 15 is 0 Å². The van der Waals surface area contributed by atoms with E-state index in [2.05, 4.69) is 4.58 Å². The van der Waals surface area contributed by atoms with Crippen molar-refractivity contribution < 1.29 is 33.1 Å². The van der Waals surface area contributed by atoms with Crippen LogP contribution in [0.5, 0.6) is 28.7 Å². The molecule has 4 aliphatic rings. The Morgan fingerprint density at radius 3 is 2.61 bits per heavy atom. The van der Waals surface area contributed by atoms with Crippen LogP contribution in [0.15, 0.2) is 24.3 Å². The van der Waals surface area contributed by atoms with Gasteiger partial charge in [0.05, 0.1) is 0 Å². The molecule has 0 saturated heterocycles. The lowest BCUT2D eigenvalue weighted by atomic mass is 9.82. The van der Waals surface area contributed by atoms with E-state index in [1.807, 2.05) is 37.4 Å². The predicted octanol–water partition coefficient (Wildman–Crippen LogP) is 2.55. The lowest BCUT2D eigenvalue weighted by Crippen LogP contribution is -2.34. The molecule has 0 saturated carbocycles. The van der Waals surface area contributed by atoms with Crippen molar-refractivity contribution in [3.63, 3.8) is 0 Å². The monoisotopic (exact) mass is 380 g/mol. The number of rotatable bonds is 1. The zero-order valence-electron chi connectivity index (χ0n) is 15.3. The summed E-state index contributed by atoms with van der Waals surface area (Å²) in [6.07, 6.45) is 2.92. The molecule has 142 valence electrons. The highest BCUT2D eigenvalue weighted by Gasteiger charge is 2.50.